The molecule has 2 aromatic carbocycles. The first-order valence-corrected chi connectivity index (χ1v) is 10.4. The normalized spacial score (nSPS) is 11.1. The van der Waals surface area contributed by atoms with E-state index in [2.05, 4.69) is 16.0 Å². The highest BCUT2D eigenvalue weighted by molar-refractivity contribution is 7.89. The Kier molecular flexibility index (Phi) is 5.91. The van der Waals surface area contributed by atoms with Crippen molar-refractivity contribution < 1.29 is 13.2 Å². The minimum Gasteiger partial charge on any atom is -0.316 e. The summed E-state index contributed by atoms with van der Waals surface area (Å²) in [5.41, 5.74) is 1.02. The largest absolute Gasteiger partial charge is 0.316 e. The average Bonchev–Trinajstić information content (AvgIpc) is 2.96. The van der Waals surface area contributed by atoms with E-state index in [1.807, 2.05) is 18.2 Å². The molecule has 0 atom stereocenters. The lowest BCUT2D eigenvalue weighted by atomic mass is 10.2. The van der Waals surface area contributed by atoms with E-state index in [9.17, 15) is 18.0 Å². The van der Waals surface area contributed by atoms with Gasteiger partial charge in [-0.2, -0.15) is 4.72 Å². The topological polar surface area (TPSA) is 102 Å². The summed E-state index contributed by atoms with van der Waals surface area (Å²) in [4.78, 5) is 25.6. The Labute approximate surface area is 174 Å². The first kappa shape index (κ1) is 21.1. The third kappa shape index (κ3) is 4.05. The van der Waals surface area contributed by atoms with Crippen LogP contribution in [0.25, 0.3) is 5.69 Å². The molecule has 1 heterocycles. The average molecular weight is 424 g/mol. The highest BCUT2D eigenvalue weighted by Crippen LogP contribution is 2.17. The van der Waals surface area contributed by atoms with Gasteiger partial charge in [0.1, 0.15) is 5.69 Å². The van der Waals surface area contributed by atoms with Gasteiger partial charge in [0, 0.05) is 12.6 Å². The molecule has 8 nitrogen and oxygen atoms in total. The van der Waals surface area contributed by atoms with Crippen molar-refractivity contribution in [1.29, 1.82) is 0 Å². The molecule has 1 amide bonds. The van der Waals surface area contributed by atoms with Crippen molar-refractivity contribution in [2.75, 3.05) is 11.9 Å². The van der Waals surface area contributed by atoms with Crippen LogP contribution in [0.5, 0.6) is 0 Å². The van der Waals surface area contributed by atoms with E-state index in [4.69, 9.17) is 6.42 Å². The predicted molar refractivity (Wildman–Crippen MR) is 114 cm³/mol. The summed E-state index contributed by atoms with van der Waals surface area (Å²) < 4.78 is 29.8. The number of nitrogens with one attached hydrogen (secondary N) is 2. The molecule has 0 unspecified atom stereocenters. The fourth-order valence-corrected chi connectivity index (χ4v) is 3.90. The number of nitrogens with zero attached hydrogens (tertiary/aromatic N) is 2. The van der Waals surface area contributed by atoms with Crippen LogP contribution in [0.3, 0.4) is 0 Å². The van der Waals surface area contributed by atoms with Gasteiger partial charge in [-0.1, -0.05) is 30.2 Å². The zero-order valence-corrected chi connectivity index (χ0v) is 17.2. The zero-order chi connectivity index (χ0) is 21.9. The number of anilines is 1. The van der Waals surface area contributed by atoms with E-state index in [1.165, 1.54) is 28.9 Å². The maximum absolute atomic E-state index is 12.9. The molecule has 3 rings (SSSR count). The lowest BCUT2D eigenvalue weighted by Gasteiger charge is -2.08. The zero-order valence-electron chi connectivity index (χ0n) is 16.4. The van der Waals surface area contributed by atoms with E-state index in [0.717, 1.165) is 0 Å². The van der Waals surface area contributed by atoms with E-state index >= 15 is 0 Å². The lowest BCUT2D eigenvalue weighted by molar-refractivity contribution is 0.102. The monoisotopic (exact) mass is 424 g/mol. The highest BCUT2D eigenvalue weighted by Gasteiger charge is 2.20. The lowest BCUT2D eigenvalue weighted by Crippen LogP contribution is -2.25. The van der Waals surface area contributed by atoms with Gasteiger partial charge in [-0.25, -0.2) is 13.1 Å². The SMILES string of the molecule is C#CCNS(=O)(=O)c1cccc(C(=O)Nc2c(C)n(C)n(-c3ccccc3)c2=O)c1. The number of para-hydroxylation sites is 1. The van der Waals surface area contributed by atoms with Crippen LogP contribution in [0, 0.1) is 19.3 Å². The Balaban J connectivity index is 1.94. The summed E-state index contributed by atoms with van der Waals surface area (Å²) in [5, 5.41) is 2.61. The Hall–Kier alpha value is -3.61. The summed E-state index contributed by atoms with van der Waals surface area (Å²) in [6, 6.07) is 14.5. The second-order valence-corrected chi connectivity index (χ2v) is 8.21. The number of benzene rings is 2. The maximum atomic E-state index is 12.9. The summed E-state index contributed by atoms with van der Waals surface area (Å²) in [5.74, 6) is 1.59. The molecule has 9 heteroatoms. The number of hydrogen-bond acceptors (Lipinski definition) is 4. The van der Waals surface area contributed by atoms with E-state index in [-0.39, 0.29) is 22.7 Å². The Morgan fingerprint density at radius 3 is 2.50 bits per heavy atom. The number of rotatable bonds is 6. The summed E-state index contributed by atoms with van der Waals surface area (Å²) in [6.45, 7) is 1.54. The molecule has 2 N–H and O–H groups in total. The molecule has 30 heavy (non-hydrogen) atoms. The molecule has 0 aliphatic rings. The number of sulfonamides is 1. The van der Waals surface area contributed by atoms with Crippen molar-refractivity contribution in [1.82, 2.24) is 14.1 Å². The third-order valence-corrected chi connectivity index (χ3v) is 5.96. The van der Waals surface area contributed by atoms with Gasteiger partial charge in [-0.15, -0.1) is 6.42 Å². The van der Waals surface area contributed by atoms with Crippen molar-refractivity contribution in [3.05, 3.63) is 76.2 Å². The van der Waals surface area contributed by atoms with Crippen molar-refractivity contribution in [3.8, 4) is 18.0 Å². The summed E-state index contributed by atoms with van der Waals surface area (Å²) in [7, 11) is -2.14. The molecule has 0 aliphatic carbocycles. The Morgan fingerprint density at radius 1 is 1.13 bits per heavy atom. The Bertz CT molecular complexity index is 1300. The van der Waals surface area contributed by atoms with Crippen molar-refractivity contribution in [2.24, 2.45) is 7.05 Å². The molecule has 1 aromatic heterocycles. The number of carbonyl (C=O) groups is 1. The molecule has 0 saturated carbocycles. The minimum atomic E-state index is -3.85. The van der Waals surface area contributed by atoms with E-state index in [1.54, 1.807) is 30.8 Å². The number of hydrogen-bond donors (Lipinski definition) is 2. The fraction of sp³-hybridized carbons (Fsp3) is 0.143. The van der Waals surface area contributed by atoms with Crippen LogP contribution < -0.4 is 15.6 Å². The standard InChI is InChI=1S/C21H20N4O4S/c1-4-13-22-30(28,29)18-12-8-9-16(14-18)20(26)23-19-15(2)24(3)25(21(19)27)17-10-6-5-7-11-17/h1,5-12,14,22H,13H2,2-3H3,(H,23,26). The molecule has 0 bridgehead atoms. The quantitative estimate of drug-likeness (QED) is 0.588. The molecule has 0 spiro atoms. The van der Waals surface area contributed by atoms with Gasteiger partial charge in [-0.3, -0.25) is 14.3 Å². The molecule has 154 valence electrons. The van der Waals surface area contributed by atoms with Crippen LogP contribution in [-0.4, -0.2) is 30.2 Å². The second kappa shape index (κ2) is 8.41. The number of aromatic nitrogens is 2. The van der Waals surface area contributed by atoms with Crippen LogP contribution in [0.2, 0.25) is 0 Å². The smallest absolute Gasteiger partial charge is 0.295 e. The number of carbonyl (C=O) groups excluding carboxylic acids is 1. The van der Waals surface area contributed by atoms with Crippen LogP contribution >= 0.6 is 0 Å². The van der Waals surface area contributed by atoms with E-state index in [0.29, 0.717) is 11.4 Å². The van der Waals surface area contributed by atoms with Gasteiger partial charge in [0.25, 0.3) is 11.5 Å². The molecule has 0 saturated heterocycles. The first-order chi connectivity index (χ1) is 14.3. The van der Waals surface area contributed by atoms with Gasteiger partial charge in [0.15, 0.2) is 0 Å². The fourth-order valence-electron chi connectivity index (χ4n) is 2.92. The molecule has 3 aromatic rings. The molecular formula is C21H20N4O4S. The summed E-state index contributed by atoms with van der Waals surface area (Å²) in [6.07, 6.45) is 5.09. The first-order valence-electron chi connectivity index (χ1n) is 8.95. The summed E-state index contributed by atoms with van der Waals surface area (Å²) >= 11 is 0. The van der Waals surface area contributed by atoms with Crippen molar-refractivity contribution in [3.63, 3.8) is 0 Å². The van der Waals surface area contributed by atoms with Crippen molar-refractivity contribution >= 4 is 21.6 Å². The maximum Gasteiger partial charge on any atom is 0.295 e. The number of amides is 1. The third-order valence-electron chi connectivity index (χ3n) is 4.56. The van der Waals surface area contributed by atoms with Crippen LogP contribution in [-0.2, 0) is 17.1 Å². The predicted octanol–water partition coefficient (Wildman–Crippen LogP) is 1.65. The second-order valence-electron chi connectivity index (χ2n) is 6.45. The van der Waals surface area contributed by atoms with Gasteiger partial charge >= 0.3 is 0 Å². The van der Waals surface area contributed by atoms with Gasteiger partial charge < -0.3 is 5.32 Å². The van der Waals surface area contributed by atoms with Crippen LogP contribution in [0.4, 0.5) is 5.69 Å². The van der Waals surface area contributed by atoms with Gasteiger partial charge in [0.2, 0.25) is 10.0 Å². The molecule has 0 aliphatic heterocycles. The molecular weight excluding hydrogens is 404 g/mol. The van der Waals surface area contributed by atoms with Gasteiger partial charge in [-0.05, 0) is 37.3 Å². The van der Waals surface area contributed by atoms with Crippen LogP contribution in [0.1, 0.15) is 16.1 Å². The molecule has 0 radical (unpaired) electrons. The highest BCUT2D eigenvalue weighted by atomic mass is 32.2. The van der Waals surface area contributed by atoms with Crippen LogP contribution in [0.15, 0.2) is 64.3 Å². The van der Waals surface area contributed by atoms with Crippen molar-refractivity contribution in [2.45, 2.75) is 11.8 Å². The number of terminal acetylenes is 1. The molecule has 0 fully saturated rings. The minimum absolute atomic E-state index is 0.0903. The Morgan fingerprint density at radius 2 is 1.83 bits per heavy atom. The van der Waals surface area contributed by atoms with E-state index < -0.39 is 21.5 Å². The van der Waals surface area contributed by atoms with Gasteiger partial charge in [0.05, 0.1) is 22.8 Å².